The van der Waals surface area contributed by atoms with Gasteiger partial charge in [0.05, 0.1) is 26.9 Å². The Bertz CT molecular complexity index is 1460. The maximum absolute atomic E-state index is 14.4. The molecule has 0 radical (unpaired) electrons. The van der Waals surface area contributed by atoms with E-state index in [4.69, 9.17) is 27.9 Å². The Morgan fingerprint density at radius 1 is 1.15 bits per heavy atom. The molecule has 1 amide bonds. The number of hydrogen-bond acceptors (Lipinski definition) is 5. The molecule has 0 aliphatic heterocycles. The number of nitrogens with one attached hydrogen (secondary N) is 1. The van der Waals surface area contributed by atoms with Gasteiger partial charge in [0, 0.05) is 12.6 Å². The van der Waals surface area contributed by atoms with Crippen LogP contribution in [0.1, 0.15) is 28.9 Å². The average Bonchev–Trinajstić information content (AvgIpc) is 3.26. The number of hydrogen-bond donors (Lipinski definition) is 1. The Hall–Kier alpha value is -3.64. The van der Waals surface area contributed by atoms with Gasteiger partial charge in [-0.3, -0.25) is 10.3 Å². The smallest absolute Gasteiger partial charge is 0.416 e. The molecule has 1 aromatic carbocycles. The molecule has 3 aromatic rings. The number of amides is 1. The van der Waals surface area contributed by atoms with Crippen LogP contribution in [0.3, 0.4) is 0 Å². The number of rotatable bonds is 5. The number of aromatic nitrogens is 3. The molecule has 1 unspecified atom stereocenters. The van der Waals surface area contributed by atoms with E-state index in [-0.39, 0.29) is 10.4 Å². The summed E-state index contributed by atoms with van der Waals surface area (Å²) >= 11 is 11.9. The summed E-state index contributed by atoms with van der Waals surface area (Å²) in [4.78, 5) is 16.4. The molecule has 7 nitrogen and oxygen atoms in total. The third kappa shape index (κ3) is 4.94. The number of alkyl halides is 8. The van der Waals surface area contributed by atoms with Crippen molar-refractivity contribution in [2.75, 3.05) is 5.32 Å². The highest BCUT2D eigenvalue weighted by atomic mass is 35.5. The van der Waals surface area contributed by atoms with Gasteiger partial charge in [-0.05, 0) is 24.3 Å². The fraction of sp³-hybridized carbons (Fsp3) is 0.273. The Labute approximate surface area is 222 Å². The van der Waals surface area contributed by atoms with Crippen molar-refractivity contribution in [3.8, 4) is 11.8 Å². The van der Waals surface area contributed by atoms with Crippen molar-refractivity contribution in [1.82, 2.24) is 14.8 Å². The number of benzene rings is 1. The summed E-state index contributed by atoms with van der Waals surface area (Å²) in [6, 6.07) is 6.47. The number of ether oxygens (including phenoxy) is 1. The first kappa shape index (κ1) is 28.4. The van der Waals surface area contributed by atoms with Crippen LogP contribution in [-0.4, -0.2) is 33.0 Å². The number of nitriles is 1. The lowest BCUT2D eigenvalue weighted by atomic mass is 9.93. The normalized spacial score (nSPS) is 18.4. The molecule has 2 aromatic heterocycles. The van der Waals surface area contributed by atoms with Crippen LogP contribution < -0.4 is 5.32 Å². The Morgan fingerprint density at radius 3 is 2.23 bits per heavy atom. The molecule has 0 spiro atoms. The quantitative estimate of drug-likeness (QED) is 0.317. The fourth-order valence-corrected chi connectivity index (χ4v) is 4.52. The number of anilines is 1. The van der Waals surface area contributed by atoms with Gasteiger partial charge in [0.25, 0.3) is 5.92 Å². The number of nitrogens with zero attached hydrogens (tertiary/aromatic N) is 4. The maximum Gasteiger partial charge on any atom is 0.416 e. The first-order chi connectivity index (χ1) is 18.0. The van der Waals surface area contributed by atoms with Gasteiger partial charge in [0.15, 0.2) is 11.1 Å². The van der Waals surface area contributed by atoms with Crippen molar-refractivity contribution in [1.29, 1.82) is 5.26 Å². The van der Waals surface area contributed by atoms with E-state index in [1.165, 1.54) is 24.4 Å². The Morgan fingerprint density at radius 2 is 1.77 bits per heavy atom. The van der Waals surface area contributed by atoms with Crippen LogP contribution in [-0.2, 0) is 22.9 Å². The molecule has 1 fully saturated rings. The number of carbonyl (C=O) groups excluding carboxylic acids is 1. The lowest BCUT2D eigenvalue weighted by Crippen LogP contribution is -2.36. The second-order valence-corrected chi connectivity index (χ2v) is 9.00. The predicted octanol–water partition coefficient (Wildman–Crippen LogP) is 7.05. The van der Waals surface area contributed by atoms with E-state index in [2.05, 4.69) is 10.1 Å². The molecular weight excluding hydrogens is 589 g/mol. The van der Waals surface area contributed by atoms with Crippen LogP contribution in [0, 0.1) is 11.3 Å². The van der Waals surface area contributed by atoms with Crippen LogP contribution in [0.15, 0.2) is 36.5 Å². The van der Waals surface area contributed by atoms with E-state index in [0.717, 1.165) is 0 Å². The molecule has 39 heavy (non-hydrogen) atoms. The van der Waals surface area contributed by atoms with E-state index >= 15 is 0 Å². The molecule has 1 saturated carbocycles. The van der Waals surface area contributed by atoms with Gasteiger partial charge in [-0.2, -0.15) is 36.7 Å². The minimum Gasteiger partial charge on any atom is -0.443 e. The molecule has 1 aliphatic rings. The van der Waals surface area contributed by atoms with Gasteiger partial charge >= 0.3 is 18.4 Å². The zero-order chi connectivity index (χ0) is 29.0. The van der Waals surface area contributed by atoms with Gasteiger partial charge in [0.2, 0.25) is 0 Å². The molecule has 17 heteroatoms. The minimum atomic E-state index is -5.65. The van der Waals surface area contributed by atoms with Crippen LogP contribution in [0.25, 0.3) is 5.69 Å². The molecule has 4 rings (SSSR count). The van der Waals surface area contributed by atoms with Crippen LogP contribution in [0.4, 0.5) is 45.7 Å². The largest absolute Gasteiger partial charge is 0.443 e. The molecule has 1 atom stereocenters. The van der Waals surface area contributed by atoms with Gasteiger partial charge in [-0.1, -0.05) is 29.3 Å². The van der Waals surface area contributed by atoms with Crippen LogP contribution >= 0.6 is 23.2 Å². The van der Waals surface area contributed by atoms with Crippen molar-refractivity contribution in [3.63, 3.8) is 0 Å². The molecular formula is C22H11Cl2F8N5O2. The highest BCUT2D eigenvalue weighted by molar-refractivity contribution is 6.38. The van der Waals surface area contributed by atoms with Crippen LogP contribution in [0.2, 0.25) is 10.0 Å². The van der Waals surface area contributed by atoms with E-state index in [1.54, 1.807) is 6.07 Å². The number of halogens is 10. The predicted molar refractivity (Wildman–Crippen MR) is 119 cm³/mol. The topological polar surface area (TPSA) is 92.8 Å². The molecule has 2 heterocycles. The summed E-state index contributed by atoms with van der Waals surface area (Å²) in [6.45, 7) is -0.510. The molecule has 0 saturated heterocycles. The first-order valence-electron chi connectivity index (χ1n) is 10.4. The summed E-state index contributed by atoms with van der Waals surface area (Å²) < 4.78 is 116. The molecule has 1 N–H and O–H groups in total. The minimum absolute atomic E-state index is 0.202. The van der Waals surface area contributed by atoms with Crippen molar-refractivity contribution in [3.05, 3.63) is 69.1 Å². The van der Waals surface area contributed by atoms with E-state index in [1.807, 2.05) is 5.32 Å². The van der Waals surface area contributed by atoms with Gasteiger partial charge < -0.3 is 4.74 Å². The lowest BCUT2D eigenvalue weighted by Gasteiger charge is -2.22. The zero-order valence-electron chi connectivity index (χ0n) is 18.8. The summed E-state index contributed by atoms with van der Waals surface area (Å²) in [5.74, 6) is -5.58. The van der Waals surface area contributed by atoms with Crippen molar-refractivity contribution in [2.24, 2.45) is 0 Å². The number of carbonyl (C=O) groups is 1. The number of pyridine rings is 1. The first-order valence-corrected chi connectivity index (χ1v) is 11.2. The maximum atomic E-state index is 14.4. The highest BCUT2D eigenvalue weighted by Crippen LogP contribution is 2.70. The summed E-state index contributed by atoms with van der Waals surface area (Å²) in [5, 5.41) is 13.2. The Kier molecular flexibility index (Phi) is 6.93. The van der Waals surface area contributed by atoms with Gasteiger partial charge in [0.1, 0.15) is 24.2 Å². The van der Waals surface area contributed by atoms with Gasteiger partial charge in [-0.25, -0.2) is 18.3 Å². The molecule has 206 valence electrons. The van der Waals surface area contributed by atoms with E-state index in [0.29, 0.717) is 12.1 Å². The highest BCUT2D eigenvalue weighted by Gasteiger charge is 2.86. The van der Waals surface area contributed by atoms with Crippen molar-refractivity contribution < 1.29 is 44.7 Å². The standard InChI is InChI=1S/C22H11Cl2F8N5O2/c23-12-5-10(21(27,28)29)6-13(24)16(12)37-17(35-18(38)39-8-11-3-1-2-4-34-11)15(14(7-33)36-37)19(22(30,31)32)9-20(19,25)26/h1-6H,8-9H2,(H,35,38). The third-order valence-electron chi connectivity index (χ3n) is 5.74. The monoisotopic (exact) mass is 599 g/mol. The van der Waals surface area contributed by atoms with Crippen molar-refractivity contribution >= 4 is 35.1 Å². The average molecular weight is 600 g/mol. The second-order valence-electron chi connectivity index (χ2n) is 8.19. The fourth-order valence-electron chi connectivity index (χ4n) is 3.87. The lowest BCUT2D eigenvalue weighted by molar-refractivity contribution is -0.182. The molecule has 1 aliphatic carbocycles. The van der Waals surface area contributed by atoms with E-state index < -0.39 is 81.2 Å². The summed E-state index contributed by atoms with van der Waals surface area (Å²) in [7, 11) is 0. The Balaban J connectivity index is 1.90. The second kappa shape index (κ2) is 9.53. The van der Waals surface area contributed by atoms with E-state index in [9.17, 15) is 45.2 Å². The van der Waals surface area contributed by atoms with Crippen LogP contribution in [0.5, 0.6) is 0 Å². The third-order valence-corrected chi connectivity index (χ3v) is 6.32. The molecule has 0 bridgehead atoms. The van der Waals surface area contributed by atoms with Gasteiger partial charge in [-0.15, -0.1) is 0 Å². The SMILES string of the molecule is N#Cc1nn(-c2c(Cl)cc(C(F)(F)F)cc2Cl)c(NC(=O)OCc2ccccn2)c1C1(C(F)(F)F)CC1(F)F. The summed E-state index contributed by atoms with van der Waals surface area (Å²) in [6.07, 6.45) is -12.5. The summed E-state index contributed by atoms with van der Waals surface area (Å²) in [5.41, 5.74) is -8.48. The zero-order valence-corrected chi connectivity index (χ0v) is 20.3. The van der Waals surface area contributed by atoms with Crippen molar-refractivity contribution in [2.45, 2.75) is 36.7 Å².